The van der Waals surface area contributed by atoms with Gasteiger partial charge in [0.15, 0.2) is 0 Å². The number of carbonyl (C=O) groups excluding carboxylic acids is 1. The molecule has 0 aromatic rings. The second-order valence-electron chi connectivity index (χ2n) is 2.29. The van der Waals surface area contributed by atoms with Crippen LogP contribution in [0.25, 0.3) is 0 Å². The molecule has 13 heavy (non-hydrogen) atoms. The Kier molecular flexibility index (Phi) is 12.1. The van der Waals surface area contributed by atoms with Gasteiger partial charge in [0.25, 0.3) is 0 Å². The second kappa shape index (κ2) is 10.9. The third-order valence-corrected chi connectivity index (χ3v) is 1.24. The van der Waals surface area contributed by atoms with E-state index in [0.29, 0.717) is 13.1 Å². The van der Waals surface area contributed by atoms with Gasteiger partial charge in [0.2, 0.25) is 6.41 Å². The summed E-state index contributed by atoms with van der Waals surface area (Å²) in [6.07, 6.45) is 0.772. The van der Waals surface area contributed by atoms with Crippen LogP contribution in [0.3, 0.4) is 0 Å². The summed E-state index contributed by atoms with van der Waals surface area (Å²) >= 11 is 0. The van der Waals surface area contributed by atoms with Crippen molar-refractivity contribution in [1.82, 2.24) is 4.90 Å². The first kappa shape index (κ1) is 14.4. The van der Waals surface area contributed by atoms with E-state index in [9.17, 15) is 4.79 Å². The molecule has 4 heteroatoms. The second-order valence-corrected chi connectivity index (χ2v) is 2.29. The predicted octanol–water partition coefficient (Wildman–Crippen LogP) is 0.589. The van der Waals surface area contributed by atoms with E-state index >= 15 is 0 Å². The van der Waals surface area contributed by atoms with Gasteiger partial charge in [0.1, 0.15) is 0 Å². The smallest absolute Gasteiger partial charge is 0.209 e. The fourth-order valence-electron chi connectivity index (χ4n) is 0.680. The molecule has 76 valence electrons. The Morgan fingerprint density at radius 2 is 2.00 bits per heavy atom. The molecule has 0 unspecified atom stereocenters. The van der Waals surface area contributed by atoms with Crippen molar-refractivity contribution in [2.45, 2.75) is 20.8 Å². The van der Waals surface area contributed by atoms with Crippen LogP contribution in [-0.4, -0.2) is 30.9 Å². The van der Waals surface area contributed by atoms with Gasteiger partial charge >= 0.3 is 0 Å². The normalized spacial score (nSPS) is 13.6. The standard InChI is InChI=1S/C5H6N2O.C2H7N.C2H6/c6-1-5-2-7(3-5)4-8;1-2-3;1-2/h4-5H,2-3H2;2-3H2,1H3;1-2H3. The molecule has 1 heterocycles. The lowest BCUT2D eigenvalue weighted by Crippen LogP contribution is -2.44. The van der Waals surface area contributed by atoms with Crippen LogP contribution >= 0.6 is 0 Å². The fourth-order valence-corrected chi connectivity index (χ4v) is 0.680. The quantitative estimate of drug-likeness (QED) is 0.608. The van der Waals surface area contributed by atoms with Crippen molar-refractivity contribution in [2.24, 2.45) is 11.7 Å². The summed E-state index contributed by atoms with van der Waals surface area (Å²) in [5, 5.41) is 8.21. The zero-order valence-electron chi connectivity index (χ0n) is 8.66. The van der Waals surface area contributed by atoms with E-state index in [0.717, 1.165) is 13.0 Å². The molecule has 1 aliphatic rings. The number of carbonyl (C=O) groups is 1. The molecule has 0 bridgehead atoms. The minimum absolute atomic E-state index is 0.0974. The number of likely N-dealkylation sites (tertiary alicyclic amines) is 1. The van der Waals surface area contributed by atoms with Crippen molar-refractivity contribution >= 4 is 6.41 Å². The van der Waals surface area contributed by atoms with Crippen molar-refractivity contribution in [1.29, 1.82) is 5.26 Å². The van der Waals surface area contributed by atoms with E-state index in [2.05, 4.69) is 6.07 Å². The Hall–Kier alpha value is -1.08. The maximum atomic E-state index is 9.87. The first-order valence-electron chi connectivity index (χ1n) is 4.57. The molecule has 1 rings (SSSR count). The highest BCUT2D eigenvalue weighted by molar-refractivity contribution is 5.49. The molecule has 0 atom stereocenters. The molecule has 1 fully saturated rings. The average molecular weight is 185 g/mol. The van der Waals surface area contributed by atoms with E-state index in [1.807, 2.05) is 20.8 Å². The monoisotopic (exact) mass is 185 g/mol. The van der Waals surface area contributed by atoms with Crippen LogP contribution in [0.2, 0.25) is 0 Å². The molecule has 1 amide bonds. The van der Waals surface area contributed by atoms with E-state index in [1.54, 1.807) is 4.90 Å². The fraction of sp³-hybridized carbons (Fsp3) is 0.778. The minimum atomic E-state index is 0.0974. The van der Waals surface area contributed by atoms with Gasteiger partial charge in [-0.15, -0.1) is 0 Å². The lowest BCUT2D eigenvalue weighted by atomic mass is 10.0. The summed E-state index contributed by atoms with van der Waals surface area (Å²) in [6.45, 7) is 7.90. The topological polar surface area (TPSA) is 70.1 Å². The van der Waals surface area contributed by atoms with Crippen molar-refractivity contribution in [3.05, 3.63) is 0 Å². The Morgan fingerprint density at radius 1 is 1.62 bits per heavy atom. The Balaban J connectivity index is 0. The molecule has 0 radical (unpaired) electrons. The van der Waals surface area contributed by atoms with E-state index in [4.69, 9.17) is 11.0 Å². The van der Waals surface area contributed by atoms with Gasteiger partial charge < -0.3 is 10.6 Å². The van der Waals surface area contributed by atoms with Gasteiger partial charge in [-0.2, -0.15) is 5.26 Å². The third-order valence-electron chi connectivity index (χ3n) is 1.24. The van der Waals surface area contributed by atoms with Crippen molar-refractivity contribution < 1.29 is 4.79 Å². The Labute approximate surface area is 80.3 Å². The number of hydrogen-bond acceptors (Lipinski definition) is 3. The summed E-state index contributed by atoms with van der Waals surface area (Å²) in [7, 11) is 0. The number of nitriles is 1. The van der Waals surface area contributed by atoms with Crippen LogP contribution in [0.1, 0.15) is 20.8 Å². The maximum Gasteiger partial charge on any atom is 0.209 e. The molecular formula is C9H19N3O. The molecule has 0 aromatic heterocycles. The van der Waals surface area contributed by atoms with Gasteiger partial charge in [0.05, 0.1) is 12.0 Å². The number of hydrogen-bond donors (Lipinski definition) is 1. The first-order chi connectivity index (χ1) is 6.28. The minimum Gasteiger partial charge on any atom is -0.342 e. The number of rotatable bonds is 1. The molecular weight excluding hydrogens is 166 g/mol. The van der Waals surface area contributed by atoms with Crippen LogP contribution < -0.4 is 5.73 Å². The average Bonchev–Trinajstić information content (AvgIpc) is 2.08. The maximum absolute atomic E-state index is 9.87. The lowest BCUT2D eigenvalue weighted by molar-refractivity contribution is -0.122. The number of amides is 1. The Morgan fingerprint density at radius 3 is 2.23 bits per heavy atom. The van der Waals surface area contributed by atoms with Gasteiger partial charge in [-0.25, -0.2) is 0 Å². The summed E-state index contributed by atoms with van der Waals surface area (Å²) in [5.41, 5.74) is 4.85. The highest BCUT2D eigenvalue weighted by Crippen LogP contribution is 2.10. The largest absolute Gasteiger partial charge is 0.342 e. The SMILES string of the molecule is CC.CCN.N#CC1CN(C=O)C1. The first-order valence-corrected chi connectivity index (χ1v) is 4.57. The predicted molar refractivity (Wildman–Crippen MR) is 52.8 cm³/mol. The summed E-state index contributed by atoms with van der Waals surface area (Å²) in [4.78, 5) is 11.4. The summed E-state index contributed by atoms with van der Waals surface area (Å²) in [6, 6.07) is 2.07. The zero-order valence-corrected chi connectivity index (χ0v) is 8.66. The van der Waals surface area contributed by atoms with Gasteiger partial charge in [0, 0.05) is 13.1 Å². The molecule has 1 saturated heterocycles. The van der Waals surface area contributed by atoms with Crippen LogP contribution in [0.4, 0.5) is 0 Å². The molecule has 2 N–H and O–H groups in total. The van der Waals surface area contributed by atoms with E-state index in [1.165, 1.54) is 0 Å². The zero-order chi connectivity index (χ0) is 10.7. The number of nitrogens with zero attached hydrogens (tertiary/aromatic N) is 2. The van der Waals surface area contributed by atoms with Crippen molar-refractivity contribution in [3.8, 4) is 6.07 Å². The van der Waals surface area contributed by atoms with Crippen molar-refractivity contribution in [2.75, 3.05) is 19.6 Å². The summed E-state index contributed by atoms with van der Waals surface area (Å²) < 4.78 is 0. The molecule has 0 saturated carbocycles. The highest BCUT2D eigenvalue weighted by atomic mass is 16.1. The third kappa shape index (κ3) is 7.29. The molecule has 0 spiro atoms. The molecule has 4 nitrogen and oxygen atoms in total. The number of nitrogens with two attached hydrogens (primary N) is 1. The molecule has 1 aliphatic heterocycles. The highest BCUT2D eigenvalue weighted by Gasteiger charge is 2.23. The van der Waals surface area contributed by atoms with Crippen LogP contribution in [0.15, 0.2) is 0 Å². The van der Waals surface area contributed by atoms with Crippen LogP contribution in [0, 0.1) is 17.2 Å². The van der Waals surface area contributed by atoms with Crippen LogP contribution in [-0.2, 0) is 4.79 Å². The van der Waals surface area contributed by atoms with Gasteiger partial charge in [-0.3, -0.25) is 4.79 Å². The molecule has 0 aliphatic carbocycles. The van der Waals surface area contributed by atoms with E-state index < -0.39 is 0 Å². The summed E-state index contributed by atoms with van der Waals surface area (Å²) in [5.74, 6) is 0.0974. The lowest BCUT2D eigenvalue weighted by Gasteiger charge is -2.31. The van der Waals surface area contributed by atoms with E-state index in [-0.39, 0.29) is 5.92 Å². The van der Waals surface area contributed by atoms with Gasteiger partial charge in [-0.05, 0) is 6.54 Å². The Bertz CT molecular complexity index is 147. The van der Waals surface area contributed by atoms with Crippen LogP contribution in [0.5, 0.6) is 0 Å². The van der Waals surface area contributed by atoms with Gasteiger partial charge in [-0.1, -0.05) is 20.8 Å². The molecule has 0 aromatic carbocycles. The van der Waals surface area contributed by atoms with Crippen molar-refractivity contribution in [3.63, 3.8) is 0 Å².